The van der Waals surface area contributed by atoms with Crippen molar-refractivity contribution in [2.24, 2.45) is 5.73 Å². The smallest absolute Gasteiger partial charge is 0.327 e. The zero-order valence-corrected chi connectivity index (χ0v) is 11.1. The normalized spacial score (nSPS) is 25.9. The van der Waals surface area contributed by atoms with E-state index in [1.165, 1.54) is 16.7 Å². The summed E-state index contributed by atoms with van der Waals surface area (Å²) >= 11 is 1.48. The van der Waals surface area contributed by atoms with Gasteiger partial charge in [0.15, 0.2) is 0 Å². The molecule has 3 atom stereocenters. The van der Waals surface area contributed by atoms with E-state index in [1.807, 2.05) is 13.8 Å². The van der Waals surface area contributed by atoms with Crippen LogP contribution in [0.4, 0.5) is 0 Å². The number of carbonyl (C=O) groups is 2. The van der Waals surface area contributed by atoms with Crippen molar-refractivity contribution in [3.63, 3.8) is 0 Å². The summed E-state index contributed by atoms with van der Waals surface area (Å²) in [5.41, 5.74) is 5.81. The minimum Gasteiger partial charge on any atom is -0.480 e. The minimum absolute atomic E-state index is 0.101. The quantitative estimate of drug-likeness (QED) is 0.766. The molecule has 3 N–H and O–H groups in total. The Morgan fingerprint density at radius 3 is 2.76 bits per heavy atom. The molecule has 0 radical (unpaired) electrons. The van der Waals surface area contributed by atoms with Gasteiger partial charge in [-0.15, -0.1) is 11.8 Å². The maximum Gasteiger partial charge on any atom is 0.327 e. The molecule has 1 aliphatic rings. The first-order chi connectivity index (χ1) is 7.99. The molecule has 1 amide bonds. The Morgan fingerprint density at radius 1 is 1.59 bits per heavy atom. The fourth-order valence-electron chi connectivity index (χ4n) is 1.91. The van der Waals surface area contributed by atoms with Crippen molar-refractivity contribution >= 4 is 23.6 Å². The summed E-state index contributed by atoms with van der Waals surface area (Å²) in [6.07, 6.45) is 2.49. The highest BCUT2D eigenvalue weighted by Crippen LogP contribution is 2.29. The van der Waals surface area contributed by atoms with Crippen LogP contribution in [0.5, 0.6) is 0 Å². The minimum atomic E-state index is -0.946. The van der Waals surface area contributed by atoms with E-state index in [0.29, 0.717) is 12.2 Å². The molecule has 0 bridgehead atoms. The van der Waals surface area contributed by atoms with E-state index < -0.39 is 18.1 Å². The lowest BCUT2D eigenvalue weighted by molar-refractivity contribution is -0.149. The third kappa shape index (κ3) is 3.35. The monoisotopic (exact) mass is 260 g/mol. The molecule has 0 spiro atoms. The van der Waals surface area contributed by atoms with Gasteiger partial charge in [0.2, 0.25) is 5.91 Å². The number of unbranched alkanes of at least 4 members (excludes halogenated alkanes) is 1. The van der Waals surface area contributed by atoms with Crippen LogP contribution in [0.3, 0.4) is 0 Å². The van der Waals surface area contributed by atoms with Crippen molar-refractivity contribution in [2.75, 3.05) is 5.75 Å². The number of hydrogen-bond acceptors (Lipinski definition) is 4. The first-order valence-electron chi connectivity index (χ1n) is 5.91. The van der Waals surface area contributed by atoms with Gasteiger partial charge in [-0.3, -0.25) is 4.79 Å². The molecule has 1 fully saturated rings. The lowest BCUT2D eigenvalue weighted by atomic mass is 10.1. The summed E-state index contributed by atoms with van der Waals surface area (Å²) in [5.74, 6) is -0.732. The van der Waals surface area contributed by atoms with E-state index in [1.54, 1.807) is 0 Å². The predicted octanol–water partition coefficient (Wildman–Crippen LogP) is 0.879. The lowest BCUT2D eigenvalue weighted by Crippen LogP contribution is -2.51. The second kappa shape index (κ2) is 6.26. The van der Waals surface area contributed by atoms with E-state index in [4.69, 9.17) is 10.8 Å². The Morgan fingerprint density at radius 2 is 2.24 bits per heavy atom. The predicted molar refractivity (Wildman–Crippen MR) is 67.7 cm³/mol. The third-order valence-electron chi connectivity index (χ3n) is 2.95. The first-order valence-corrected chi connectivity index (χ1v) is 6.96. The molecule has 1 saturated heterocycles. The summed E-state index contributed by atoms with van der Waals surface area (Å²) < 4.78 is 0. The fourth-order valence-corrected chi connectivity index (χ4v) is 3.08. The average molecular weight is 260 g/mol. The molecule has 1 aliphatic heterocycles. The molecule has 98 valence electrons. The Labute approximate surface area is 106 Å². The number of nitrogens with two attached hydrogens (primary N) is 1. The molecular weight excluding hydrogens is 240 g/mol. The Balaban J connectivity index is 2.68. The van der Waals surface area contributed by atoms with Crippen LogP contribution in [0.2, 0.25) is 0 Å². The molecule has 0 aromatic rings. The second-order valence-electron chi connectivity index (χ2n) is 4.28. The van der Waals surface area contributed by atoms with Gasteiger partial charge in [0.25, 0.3) is 0 Å². The highest BCUT2D eigenvalue weighted by Gasteiger charge is 2.40. The SMILES string of the molecule is CCCC[C@H](N)C(=O)N1C(C)SCC1C(=O)O. The molecule has 2 unspecified atom stereocenters. The van der Waals surface area contributed by atoms with Crippen LogP contribution in [0.15, 0.2) is 0 Å². The first kappa shape index (κ1) is 14.3. The summed E-state index contributed by atoms with van der Waals surface area (Å²) in [6.45, 7) is 3.88. The van der Waals surface area contributed by atoms with Gasteiger partial charge in [-0.05, 0) is 13.3 Å². The molecule has 0 saturated carbocycles. The average Bonchev–Trinajstić information content (AvgIpc) is 2.67. The number of rotatable bonds is 5. The van der Waals surface area contributed by atoms with Crippen molar-refractivity contribution in [2.45, 2.75) is 50.6 Å². The Hall–Kier alpha value is -0.750. The zero-order chi connectivity index (χ0) is 13.0. The molecule has 5 nitrogen and oxygen atoms in total. The van der Waals surface area contributed by atoms with E-state index in [0.717, 1.165) is 12.8 Å². The van der Waals surface area contributed by atoms with Crippen LogP contribution in [-0.2, 0) is 9.59 Å². The highest BCUT2D eigenvalue weighted by atomic mass is 32.2. The maximum atomic E-state index is 12.1. The molecule has 1 rings (SSSR count). The van der Waals surface area contributed by atoms with Crippen LogP contribution in [0.1, 0.15) is 33.1 Å². The van der Waals surface area contributed by atoms with Gasteiger partial charge in [0.05, 0.1) is 11.4 Å². The third-order valence-corrected chi connectivity index (χ3v) is 4.17. The van der Waals surface area contributed by atoms with Gasteiger partial charge in [-0.1, -0.05) is 19.8 Å². The molecular formula is C11H20N2O3S. The topological polar surface area (TPSA) is 83.6 Å². The number of carboxylic acid groups (broad SMARTS) is 1. The van der Waals surface area contributed by atoms with Gasteiger partial charge in [-0.2, -0.15) is 0 Å². The number of carbonyl (C=O) groups excluding carboxylic acids is 1. The van der Waals surface area contributed by atoms with E-state index in [9.17, 15) is 9.59 Å². The molecule has 1 heterocycles. The molecule has 17 heavy (non-hydrogen) atoms. The van der Waals surface area contributed by atoms with Gasteiger partial charge < -0.3 is 15.7 Å². The summed E-state index contributed by atoms with van der Waals surface area (Å²) in [6, 6.07) is -1.30. The maximum absolute atomic E-state index is 12.1. The summed E-state index contributed by atoms with van der Waals surface area (Å²) in [5, 5.41) is 8.96. The van der Waals surface area contributed by atoms with Gasteiger partial charge >= 0.3 is 5.97 Å². The van der Waals surface area contributed by atoms with Crippen LogP contribution >= 0.6 is 11.8 Å². The second-order valence-corrected chi connectivity index (χ2v) is 5.63. The van der Waals surface area contributed by atoms with Crippen LogP contribution in [-0.4, -0.2) is 45.1 Å². The van der Waals surface area contributed by atoms with Crippen LogP contribution in [0.25, 0.3) is 0 Å². The number of carboxylic acids is 1. The van der Waals surface area contributed by atoms with Crippen molar-refractivity contribution < 1.29 is 14.7 Å². The van der Waals surface area contributed by atoms with Crippen molar-refractivity contribution in [1.82, 2.24) is 4.90 Å². The van der Waals surface area contributed by atoms with Gasteiger partial charge in [-0.25, -0.2) is 4.79 Å². The number of thioether (sulfide) groups is 1. The Bertz CT molecular complexity index is 298. The zero-order valence-electron chi connectivity index (χ0n) is 10.3. The number of amides is 1. The van der Waals surface area contributed by atoms with Gasteiger partial charge in [0, 0.05) is 5.75 Å². The lowest BCUT2D eigenvalue weighted by Gasteiger charge is -2.27. The molecule has 0 aliphatic carbocycles. The number of aliphatic carboxylic acids is 1. The van der Waals surface area contributed by atoms with E-state index in [-0.39, 0.29) is 11.3 Å². The summed E-state index contributed by atoms with van der Waals surface area (Å²) in [7, 11) is 0. The summed E-state index contributed by atoms with van der Waals surface area (Å²) in [4.78, 5) is 24.6. The van der Waals surface area contributed by atoms with Crippen molar-refractivity contribution in [1.29, 1.82) is 0 Å². The van der Waals surface area contributed by atoms with E-state index >= 15 is 0 Å². The Kier molecular flexibility index (Phi) is 5.27. The number of hydrogen-bond donors (Lipinski definition) is 2. The van der Waals surface area contributed by atoms with Crippen LogP contribution in [0, 0.1) is 0 Å². The standard InChI is InChI=1S/C11H20N2O3S/c1-3-4-5-8(12)10(14)13-7(2)17-6-9(13)11(15)16/h7-9H,3-6,12H2,1-2H3,(H,15,16)/t7?,8-,9?/m0/s1. The van der Waals surface area contributed by atoms with E-state index in [2.05, 4.69) is 0 Å². The number of nitrogens with zero attached hydrogens (tertiary/aromatic N) is 1. The fraction of sp³-hybridized carbons (Fsp3) is 0.818. The van der Waals surface area contributed by atoms with Crippen molar-refractivity contribution in [3.05, 3.63) is 0 Å². The van der Waals surface area contributed by atoms with Crippen molar-refractivity contribution in [3.8, 4) is 0 Å². The van der Waals surface area contributed by atoms with Gasteiger partial charge in [0.1, 0.15) is 6.04 Å². The largest absolute Gasteiger partial charge is 0.480 e. The van der Waals surface area contributed by atoms with Crippen LogP contribution < -0.4 is 5.73 Å². The molecule has 0 aromatic carbocycles. The molecule has 6 heteroatoms. The molecule has 0 aromatic heterocycles. The highest BCUT2D eigenvalue weighted by molar-refractivity contribution is 8.00.